The van der Waals surface area contributed by atoms with Gasteiger partial charge in [0.05, 0.1) is 9.16 Å². The van der Waals surface area contributed by atoms with Gasteiger partial charge in [-0.2, -0.15) is 0 Å². The largest absolute Gasteiger partial charge is 0.147 e. The van der Waals surface area contributed by atoms with Crippen molar-refractivity contribution in [2.75, 3.05) is 23.0 Å². The predicted octanol–water partition coefficient (Wildman–Crippen LogP) is 5.19. The quantitative estimate of drug-likeness (QED) is 0.686. The molecule has 104 valence electrons. The molecule has 1 aliphatic carbocycles. The van der Waals surface area contributed by atoms with Gasteiger partial charge in [0.2, 0.25) is 0 Å². The van der Waals surface area contributed by atoms with Crippen molar-refractivity contribution in [1.29, 1.82) is 0 Å². The molecule has 0 N–H and O–H groups in total. The molecule has 4 heteroatoms. The van der Waals surface area contributed by atoms with Gasteiger partial charge in [0.25, 0.3) is 0 Å². The first-order valence-corrected chi connectivity index (χ1v) is 11.6. The predicted molar refractivity (Wildman–Crippen MR) is 92.1 cm³/mol. The summed E-state index contributed by atoms with van der Waals surface area (Å²) in [5.74, 6) is 7.76. The van der Waals surface area contributed by atoms with E-state index in [1.807, 2.05) is 0 Å². The standard InChI is InChI=1S/C14H24S4/c1-7-15-13(16-8-1)11-3-5-12(6-4-11)14-17-9-2-10-18-14/h11-14H,1-10H2. The zero-order chi connectivity index (χ0) is 12.2. The van der Waals surface area contributed by atoms with Crippen LogP contribution < -0.4 is 0 Å². The Labute approximate surface area is 129 Å². The Balaban J connectivity index is 1.45. The van der Waals surface area contributed by atoms with Crippen LogP contribution in [0, 0.1) is 11.8 Å². The summed E-state index contributed by atoms with van der Waals surface area (Å²) in [5, 5.41) is 0. The van der Waals surface area contributed by atoms with E-state index in [0.717, 1.165) is 21.0 Å². The Morgan fingerprint density at radius 2 is 0.833 bits per heavy atom. The zero-order valence-electron chi connectivity index (χ0n) is 11.0. The van der Waals surface area contributed by atoms with Gasteiger partial charge in [-0.25, -0.2) is 0 Å². The van der Waals surface area contributed by atoms with Gasteiger partial charge in [0, 0.05) is 0 Å². The maximum atomic E-state index is 2.26. The third-order valence-electron chi connectivity index (χ3n) is 4.29. The molecule has 0 aromatic rings. The van der Waals surface area contributed by atoms with E-state index in [9.17, 15) is 0 Å². The smallest absolute Gasteiger partial charge is 0.0530 e. The molecule has 3 aliphatic rings. The first-order valence-electron chi connectivity index (χ1n) is 7.40. The minimum absolute atomic E-state index is 0.950. The topological polar surface area (TPSA) is 0 Å². The molecule has 3 rings (SSSR count). The van der Waals surface area contributed by atoms with Crippen molar-refractivity contribution in [2.24, 2.45) is 11.8 Å². The van der Waals surface area contributed by atoms with Gasteiger partial charge in [-0.3, -0.25) is 0 Å². The molecule has 0 atom stereocenters. The van der Waals surface area contributed by atoms with Crippen molar-refractivity contribution in [1.82, 2.24) is 0 Å². The average molecular weight is 321 g/mol. The Bertz CT molecular complexity index is 212. The molecule has 2 heterocycles. The average Bonchev–Trinajstić information content (AvgIpc) is 2.49. The van der Waals surface area contributed by atoms with Crippen LogP contribution in [0.1, 0.15) is 38.5 Å². The molecule has 0 amide bonds. The van der Waals surface area contributed by atoms with Gasteiger partial charge < -0.3 is 0 Å². The lowest BCUT2D eigenvalue weighted by atomic mass is 9.83. The van der Waals surface area contributed by atoms with Crippen LogP contribution in [-0.4, -0.2) is 32.2 Å². The molecule has 0 aromatic carbocycles. The lowest BCUT2D eigenvalue weighted by molar-refractivity contribution is 0.302. The van der Waals surface area contributed by atoms with E-state index in [4.69, 9.17) is 0 Å². The summed E-state index contributed by atoms with van der Waals surface area (Å²) in [7, 11) is 0. The highest BCUT2D eigenvalue weighted by Gasteiger charge is 2.33. The molecule has 1 saturated carbocycles. The van der Waals surface area contributed by atoms with Gasteiger partial charge in [-0.05, 0) is 73.4 Å². The van der Waals surface area contributed by atoms with Crippen LogP contribution >= 0.6 is 47.0 Å². The Morgan fingerprint density at radius 1 is 0.500 bits per heavy atom. The summed E-state index contributed by atoms with van der Waals surface area (Å²) < 4.78 is 1.90. The summed E-state index contributed by atoms with van der Waals surface area (Å²) in [6, 6.07) is 0. The van der Waals surface area contributed by atoms with Crippen molar-refractivity contribution in [3.63, 3.8) is 0 Å². The van der Waals surface area contributed by atoms with Crippen LogP contribution in [0.5, 0.6) is 0 Å². The Hall–Kier alpha value is 1.40. The second kappa shape index (κ2) is 7.42. The Morgan fingerprint density at radius 3 is 1.17 bits per heavy atom. The number of hydrogen-bond donors (Lipinski definition) is 0. The normalized spacial score (nSPS) is 36.7. The molecule has 0 unspecified atom stereocenters. The van der Waals surface area contributed by atoms with Crippen molar-refractivity contribution >= 4 is 47.0 Å². The Kier molecular flexibility index (Phi) is 5.91. The van der Waals surface area contributed by atoms with E-state index in [2.05, 4.69) is 47.0 Å². The molecule has 0 aromatic heterocycles. The molecule has 0 nitrogen and oxygen atoms in total. The van der Waals surface area contributed by atoms with Crippen molar-refractivity contribution in [2.45, 2.75) is 47.7 Å². The first kappa shape index (κ1) is 14.3. The van der Waals surface area contributed by atoms with Crippen LogP contribution in [0.3, 0.4) is 0 Å². The highest BCUT2D eigenvalue weighted by atomic mass is 32.2. The molecular formula is C14H24S4. The second-order valence-corrected chi connectivity index (χ2v) is 11.2. The first-order chi connectivity index (χ1) is 8.93. The van der Waals surface area contributed by atoms with Crippen LogP contribution in [0.15, 0.2) is 0 Å². The van der Waals surface area contributed by atoms with Crippen molar-refractivity contribution in [3.05, 3.63) is 0 Å². The van der Waals surface area contributed by atoms with Crippen LogP contribution in [-0.2, 0) is 0 Å². The summed E-state index contributed by atoms with van der Waals surface area (Å²) in [6.07, 6.45) is 8.97. The number of rotatable bonds is 2. The van der Waals surface area contributed by atoms with Crippen molar-refractivity contribution < 1.29 is 0 Å². The van der Waals surface area contributed by atoms with Crippen LogP contribution in [0.2, 0.25) is 0 Å². The van der Waals surface area contributed by atoms with E-state index in [1.54, 1.807) is 0 Å². The van der Waals surface area contributed by atoms with Crippen molar-refractivity contribution in [3.8, 4) is 0 Å². The van der Waals surface area contributed by atoms with E-state index < -0.39 is 0 Å². The molecule has 0 radical (unpaired) electrons. The third-order valence-corrected chi connectivity index (χ3v) is 10.9. The van der Waals surface area contributed by atoms with Gasteiger partial charge in [0.1, 0.15) is 0 Å². The molecular weight excluding hydrogens is 296 g/mol. The maximum absolute atomic E-state index is 2.26. The molecule has 0 bridgehead atoms. The summed E-state index contributed by atoms with van der Waals surface area (Å²) in [6.45, 7) is 0. The van der Waals surface area contributed by atoms with E-state index in [-0.39, 0.29) is 0 Å². The van der Waals surface area contributed by atoms with Gasteiger partial charge in [-0.1, -0.05) is 0 Å². The summed E-state index contributed by atoms with van der Waals surface area (Å²) >= 11 is 9.04. The maximum Gasteiger partial charge on any atom is 0.0530 e. The van der Waals surface area contributed by atoms with Gasteiger partial charge in [0.15, 0.2) is 0 Å². The minimum atomic E-state index is 0.950. The van der Waals surface area contributed by atoms with E-state index in [0.29, 0.717) is 0 Å². The molecule has 2 saturated heterocycles. The molecule has 2 aliphatic heterocycles. The second-order valence-electron chi connectivity index (χ2n) is 5.60. The lowest BCUT2D eigenvalue weighted by Crippen LogP contribution is -2.28. The summed E-state index contributed by atoms with van der Waals surface area (Å²) in [5.41, 5.74) is 0. The fraction of sp³-hybridized carbons (Fsp3) is 1.00. The van der Waals surface area contributed by atoms with Crippen LogP contribution in [0.4, 0.5) is 0 Å². The van der Waals surface area contributed by atoms with Gasteiger partial charge in [-0.15, -0.1) is 47.0 Å². The zero-order valence-corrected chi connectivity index (χ0v) is 14.3. The summed E-state index contributed by atoms with van der Waals surface area (Å²) in [4.78, 5) is 0. The number of thioether (sulfide) groups is 4. The molecule has 3 fully saturated rings. The molecule has 0 spiro atoms. The van der Waals surface area contributed by atoms with E-state index in [1.165, 1.54) is 61.5 Å². The fourth-order valence-electron chi connectivity index (χ4n) is 3.25. The van der Waals surface area contributed by atoms with Gasteiger partial charge >= 0.3 is 0 Å². The monoisotopic (exact) mass is 320 g/mol. The minimum Gasteiger partial charge on any atom is -0.147 e. The van der Waals surface area contributed by atoms with E-state index >= 15 is 0 Å². The highest BCUT2D eigenvalue weighted by molar-refractivity contribution is 8.18. The number of hydrogen-bond acceptors (Lipinski definition) is 4. The fourth-order valence-corrected chi connectivity index (χ4v) is 9.89. The molecule has 18 heavy (non-hydrogen) atoms. The SMILES string of the molecule is C1CSC(C2CCC(C3SCCCS3)CC2)SC1. The highest BCUT2D eigenvalue weighted by Crippen LogP contribution is 2.47. The lowest BCUT2D eigenvalue weighted by Gasteiger charge is -2.38. The van der Waals surface area contributed by atoms with Crippen LogP contribution in [0.25, 0.3) is 0 Å². The third kappa shape index (κ3) is 3.73.